The Morgan fingerprint density at radius 1 is 1.44 bits per heavy atom. The Bertz CT molecular complexity index is 369. The Morgan fingerprint density at radius 2 is 2.28 bits per heavy atom. The van der Waals surface area contributed by atoms with Crippen LogP contribution in [-0.2, 0) is 4.74 Å². The fraction of sp³-hybridized carbons (Fsp3) is 0.538. The Labute approximate surface area is 108 Å². The number of amides is 1. The SMILES string of the molecule is CCCOCCCNC(=O)c1ccnc(NC)c1. The number of aromatic nitrogens is 1. The van der Waals surface area contributed by atoms with E-state index in [4.69, 9.17) is 4.74 Å². The van der Waals surface area contributed by atoms with Crippen LogP contribution in [0.15, 0.2) is 18.3 Å². The summed E-state index contributed by atoms with van der Waals surface area (Å²) in [5.74, 6) is 0.610. The van der Waals surface area contributed by atoms with Crippen LogP contribution in [0, 0.1) is 0 Å². The van der Waals surface area contributed by atoms with E-state index in [0.29, 0.717) is 24.5 Å². The van der Waals surface area contributed by atoms with Crippen molar-refractivity contribution in [2.75, 3.05) is 32.1 Å². The molecule has 5 heteroatoms. The van der Waals surface area contributed by atoms with Gasteiger partial charge in [0.2, 0.25) is 0 Å². The van der Waals surface area contributed by atoms with Crippen molar-refractivity contribution in [1.29, 1.82) is 0 Å². The van der Waals surface area contributed by atoms with Crippen LogP contribution in [0.1, 0.15) is 30.1 Å². The number of pyridine rings is 1. The molecule has 0 atom stereocenters. The highest BCUT2D eigenvalue weighted by Crippen LogP contribution is 2.05. The Hall–Kier alpha value is -1.62. The van der Waals surface area contributed by atoms with E-state index in [9.17, 15) is 4.79 Å². The molecule has 1 amide bonds. The number of rotatable bonds is 8. The molecule has 0 radical (unpaired) electrons. The Balaban J connectivity index is 2.27. The number of hydrogen-bond acceptors (Lipinski definition) is 4. The van der Waals surface area contributed by atoms with E-state index in [1.807, 2.05) is 0 Å². The Kier molecular flexibility index (Phi) is 6.79. The zero-order valence-electron chi connectivity index (χ0n) is 11.0. The fourth-order valence-electron chi connectivity index (χ4n) is 1.43. The summed E-state index contributed by atoms with van der Waals surface area (Å²) < 4.78 is 5.34. The number of carbonyl (C=O) groups is 1. The first-order valence-electron chi connectivity index (χ1n) is 6.27. The number of nitrogens with one attached hydrogen (secondary N) is 2. The molecule has 0 aliphatic rings. The maximum atomic E-state index is 11.8. The highest BCUT2D eigenvalue weighted by molar-refractivity contribution is 5.94. The number of hydrogen-bond donors (Lipinski definition) is 2. The average Bonchev–Trinajstić information content (AvgIpc) is 2.42. The zero-order valence-corrected chi connectivity index (χ0v) is 11.0. The van der Waals surface area contributed by atoms with Gasteiger partial charge in [-0.25, -0.2) is 4.98 Å². The molecular formula is C13H21N3O2. The first-order valence-corrected chi connectivity index (χ1v) is 6.27. The minimum Gasteiger partial charge on any atom is -0.381 e. The van der Waals surface area contributed by atoms with Crippen molar-refractivity contribution in [2.24, 2.45) is 0 Å². The molecule has 5 nitrogen and oxygen atoms in total. The first kappa shape index (κ1) is 14.4. The number of nitrogens with zero attached hydrogens (tertiary/aromatic N) is 1. The molecule has 0 unspecified atom stereocenters. The van der Waals surface area contributed by atoms with Crippen LogP contribution in [0.4, 0.5) is 5.82 Å². The summed E-state index contributed by atoms with van der Waals surface area (Å²) in [6.45, 7) is 4.17. The van der Waals surface area contributed by atoms with Gasteiger partial charge in [0.05, 0.1) is 0 Å². The summed E-state index contributed by atoms with van der Waals surface area (Å²) in [4.78, 5) is 15.9. The molecule has 100 valence electrons. The number of carbonyl (C=O) groups excluding carboxylic acids is 1. The molecule has 2 N–H and O–H groups in total. The van der Waals surface area contributed by atoms with Gasteiger partial charge in [0.1, 0.15) is 5.82 Å². The summed E-state index contributed by atoms with van der Waals surface area (Å²) in [5.41, 5.74) is 0.615. The topological polar surface area (TPSA) is 63.2 Å². The predicted molar refractivity (Wildman–Crippen MR) is 71.8 cm³/mol. The van der Waals surface area contributed by atoms with Gasteiger partial charge in [-0.15, -0.1) is 0 Å². The second kappa shape index (κ2) is 8.47. The third-order valence-electron chi connectivity index (χ3n) is 2.38. The Morgan fingerprint density at radius 3 is 3.00 bits per heavy atom. The lowest BCUT2D eigenvalue weighted by atomic mass is 10.2. The van der Waals surface area contributed by atoms with Crippen molar-refractivity contribution in [3.63, 3.8) is 0 Å². The van der Waals surface area contributed by atoms with Crippen molar-refractivity contribution >= 4 is 11.7 Å². The smallest absolute Gasteiger partial charge is 0.251 e. The summed E-state index contributed by atoms with van der Waals surface area (Å²) in [6, 6.07) is 3.42. The second-order valence-electron chi connectivity index (χ2n) is 3.90. The van der Waals surface area contributed by atoms with E-state index >= 15 is 0 Å². The van der Waals surface area contributed by atoms with Gasteiger partial charge in [0, 0.05) is 38.6 Å². The molecule has 0 bridgehead atoms. The zero-order chi connectivity index (χ0) is 13.2. The molecule has 0 spiro atoms. The third-order valence-corrected chi connectivity index (χ3v) is 2.38. The average molecular weight is 251 g/mol. The lowest BCUT2D eigenvalue weighted by Crippen LogP contribution is -2.25. The monoisotopic (exact) mass is 251 g/mol. The van der Waals surface area contributed by atoms with Crippen LogP contribution < -0.4 is 10.6 Å². The normalized spacial score (nSPS) is 10.1. The van der Waals surface area contributed by atoms with Gasteiger partial charge in [-0.3, -0.25) is 4.79 Å². The van der Waals surface area contributed by atoms with Crippen molar-refractivity contribution in [3.8, 4) is 0 Å². The van der Waals surface area contributed by atoms with Gasteiger partial charge >= 0.3 is 0 Å². The quantitative estimate of drug-likeness (QED) is 0.690. The molecule has 1 aromatic rings. The van der Waals surface area contributed by atoms with Crippen molar-refractivity contribution in [1.82, 2.24) is 10.3 Å². The molecule has 0 saturated carbocycles. The summed E-state index contributed by atoms with van der Waals surface area (Å²) in [5, 5.41) is 5.75. The van der Waals surface area contributed by atoms with Gasteiger partial charge in [-0.05, 0) is 25.0 Å². The van der Waals surface area contributed by atoms with Crippen molar-refractivity contribution in [3.05, 3.63) is 23.9 Å². The number of anilines is 1. The first-order chi connectivity index (χ1) is 8.77. The maximum absolute atomic E-state index is 11.8. The minimum absolute atomic E-state index is 0.0793. The van der Waals surface area contributed by atoms with Crippen LogP contribution in [0.3, 0.4) is 0 Å². The van der Waals surface area contributed by atoms with Gasteiger partial charge < -0.3 is 15.4 Å². The molecule has 0 fully saturated rings. The van der Waals surface area contributed by atoms with E-state index in [-0.39, 0.29) is 5.91 Å². The summed E-state index contributed by atoms with van der Waals surface area (Å²) in [6.07, 6.45) is 3.47. The summed E-state index contributed by atoms with van der Waals surface area (Å²) >= 11 is 0. The van der Waals surface area contributed by atoms with Gasteiger partial charge in [0.25, 0.3) is 5.91 Å². The van der Waals surface area contributed by atoms with Crippen molar-refractivity contribution < 1.29 is 9.53 Å². The fourth-order valence-corrected chi connectivity index (χ4v) is 1.43. The predicted octanol–water partition coefficient (Wildman–Crippen LogP) is 1.67. The van der Waals surface area contributed by atoms with E-state index in [0.717, 1.165) is 19.4 Å². The lowest BCUT2D eigenvalue weighted by Gasteiger charge is -2.06. The van der Waals surface area contributed by atoms with E-state index in [2.05, 4.69) is 22.5 Å². The molecular weight excluding hydrogens is 230 g/mol. The number of ether oxygens (including phenoxy) is 1. The molecule has 0 aromatic carbocycles. The molecule has 0 aliphatic heterocycles. The molecule has 1 heterocycles. The van der Waals surface area contributed by atoms with Crippen LogP contribution in [0.2, 0.25) is 0 Å². The van der Waals surface area contributed by atoms with E-state index in [1.54, 1.807) is 25.4 Å². The van der Waals surface area contributed by atoms with Gasteiger partial charge in [-0.1, -0.05) is 6.92 Å². The highest BCUT2D eigenvalue weighted by Gasteiger charge is 2.05. The molecule has 0 saturated heterocycles. The van der Waals surface area contributed by atoms with E-state index < -0.39 is 0 Å². The molecule has 1 rings (SSSR count). The highest BCUT2D eigenvalue weighted by atomic mass is 16.5. The van der Waals surface area contributed by atoms with E-state index in [1.165, 1.54) is 0 Å². The van der Waals surface area contributed by atoms with Crippen LogP contribution >= 0.6 is 0 Å². The van der Waals surface area contributed by atoms with Crippen LogP contribution in [0.25, 0.3) is 0 Å². The lowest BCUT2D eigenvalue weighted by molar-refractivity contribution is 0.0941. The molecule has 18 heavy (non-hydrogen) atoms. The molecule has 0 aliphatic carbocycles. The van der Waals surface area contributed by atoms with Crippen molar-refractivity contribution in [2.45, 2.75) is 19.8 Å². The largest absolute Gasteiger partial charge is 0.381 e. The van der Waals surface area contributed by atoms with Crippen LogP contribution in [-0.4, -0.2) is 37.7 Å². The van der Waals surface area contributed by atoms with Gasteiger partial charge in [-0.2, -0.15) is 0 Å². The third kappa shape index (κ3) is 5.14. The second-order valence-corrected chi connectivity index (χ2v) is 3.90. The van der Waals surface area contributed by atoms with Crippen LogP contribution in [0.5, 0.6) is 0 Å². The maximum Gasteiger partial charge on any atom is 0.251 e. The summed E-state index contributed by atoms with van der Waals surface area (Å²) in [7, 11) is 1.77. The standard InChI is InChI=1S/C13H21N3O2/c1-3-8-18-9-4-6-16-13(17)11-5-7-15-12(10-11)14-2/h5,7,10H,3-4,6,8-9H2,1-2H3,(H,14,15)(H,16,17). The molecule has 1 aromatic heterocycles. The van der Waals surface area contributed by atoms with Gasteiger partial charge in [0.15, 0.2) is 0 Å². The minimum atomic E-state index is -0.0793.